The van der Waals surface area contributed by atoms with Crippen molar-refractivity contribution in [2.75, 3.05) is 19.3 Å². The van der Waals surface area contributed by atoms with Gasteiger partial charge >= 0.3 is 0 Å². The number of carbonyl (C=O) groups excluding carboxylic acids is 1. The van der Waals surface area contributed by atoms with Crippen molar-refractivity contribution in [3.8, 4) is 5.69 Å². The molecular formula is C18H22FN3OS. The fourth-order valence-corrected chi connectivity index (χ4v) is 4.00. The normalized spacial score (nSPS) is 21.1. The van der Waals surface area contributed by atoms with Crippen LogP contribution in [0.25, 0.3) is 5.69 Å². The third-order valence-electron chi connectivity index (χ3n) is 4.37. The number of rotatable bonds is 3. The summed E-state index contributed by atoms with van der Waals surface area (Å²) in [5.41, 5.74) is 1.28. The molecule has 4 nitrogen and oxygen atoms in total. The molecule has 6 heteroatoms. The van der Waals surface area contributed by atoms with Crippen LogP contribution in [0.4, 0.5) is 4.39 Å². The molecule has 1 aromatic heterocycles. The number of nitrogens with zero attached hydrogens (tertiary/aromatic N) is 3. The van der Waals surface area contributed by atoms with E-state index in [1.165, 1.54) is 23.9 Å². The highest BCUT2D eigenvalue weighted by Gasteiger charge is 2.29. The highest BCUT2D eigenvalue weighted by molar-refractivity contribution is 7.98. The zero-order chi connectivity index (χ0) is 17.3. The first-order chi connectivity index (χ1) is 11.5. The van der Waals surface area contributed by atoms with Crippen molar-refractivity contribution >= 4 is 17.7 Å². The van der Waals surface area contributed by atoms with E-state index in [1.54, 1.807) is 18.3 Å². The molecule has 3 rings (SSSR count). The maximum atomic E-state index is 13.2. The predicted molar refractivity (Wildman–Crippen MR) is 94.2 cm³/mol. The molecule has 1 amide bonds. The number of benzene rings is 1. The smallest absolute Gasteiger partial charge is 0.272 e. The van der Waals surface area contributed by atoms with Crippen molar-refractivity contribution in [1.29, 1.82) is 0 Å². The number of thioether (sulfide) groups is 1. The lowest BCUT2D eigenvalue weighted by Crippen LogP contribution is -2.43. The van der Waals surface area contributed by atoms with Crippen molar-refractivity contribution in [3.63, 3.8) is 0 Å². The Kier molecular flexibility index (Phi) is 4.94. The maximum Gasteiger partial charge on any atom is 0.272 e. The second-order valence-electron chi connectivity index (χ2n) is 6.60. The molecule has 2 heterocycles. The third kappa shape index (κ3) is 3.34. The first-order valence-corrected chi connectivity index (χ1v) is 9.39. The van der Waals surface area contributed by atoms with Crippen molar-refractivity contribution in [1.82, 2.24) is 14.5 Å². The topological polar surface area (TPSA) is 38.1 Å². The minimum atomic E-state index is -0.295. The van der Waals surface area contributed by atoms with E-state index in [2.05, 4.69) is 18.8 Å². The molecule has 0 spiro atoms. The fourth-order valence-electron chi connectivity index (χ4n) is 3.46. The van der Waals surface area contributed by atoms with E-state index >= 15 is 0 Å². The van der Waals surface area contributed by atoms with Crippen LogP contribution in [0.2, 0.25) is 0 Å². The van der Waals surface area contributed by atoms with Gasteiger partial charge in [0.25, 0.3) is 5.91 Å². The standard InChI is InChI=1S/C18H22FN3OS/c1-12-8-13(2)11-21(10-12)17(23)16-9-20-18(24-3)22(16)15-6-4-14(19)5-7-15/h4-7,9,12-13H,8,10-11H2,1-3H3. The van der Waals surface area contributed by atoms with Crippen LogP contribution in [-0.4, -0.2) is 39.7 Å². The number of halogens is 1. The summed E-state index contributed by atoms with van der Waals surface area (Å²) in [6.45, 7) is 5.90. The van der Waals surface area contributed by atoms with Gasteiger partial charge in [0.2, 0.25) is 0 Å². The monoisotopic (exact) mass is 347 g/mol. The van der Waals surface area contributed by atoms with Gasteiger partial charge in [0.15, 0.2) is 5.16 Å². The summed E-state index contributed by atoms with van der Waals surface area (Å²) in [7, 11) is 0. The SMILES string of the molecule is CSc1ncc(C(=O)N2CC(C)CC(C)C2)n1-c1ccc(F)cc1. The van der Waals surface area contributed by atoms with Crippen molar-refractivity contribution in [2.24, 2.45) is 11.8 Å². The summed E-state index contributed by atoms with van der Waals surface area (Å²) < 4.78 is 15.1. The number of hydrogen-bond donors (Lipinski definition) is 0. The van der Waals surface area contributed by atoms with Crippen LogP contribution < -0.4 is 0 Å². The van der Waals surface area contributed by atoms with E-state index in [1.807, 2.05) is 15.7 Å². The van der Waals surface area contributed by atoms with E-state index < -0.39 is 0 Å². The summed E-state index contributed by atoms with van der Waals surface area (Å²) in [5, 5.41) is 0.725. The molecule has 0 N–H and O–H groups in total. The molecular weight excluding hydrogens is 325 g/mol. The molecule has 2 atom stereocenters. The van der Waals surface area contributed by atoms with Crippen LogP contribution in [0.1, 0.15) is 30.8 Å². The van der Waals surface area contributed by atoms with Gasteiger partial charge in [-0.25, -0.2) is 9.37 Å². The molecule has 24 heavy (non-hydrogen) atoms. The van der Waals surface area contributed by atoms with Gasteiger partial charge in [-0.3, -0.25) is 9.36 Å². The Morgan fingerprint density at radius 3 is 2.42 bits per heavy atom. The molecule has 0 bridgehead atoms. The van der Waals surface area contributed by atoms with E-state index in [4.69, 9.17) is 0 Å². The molecule has 1 aromatic carbocycles. The first kappa shape index (κ1) is 17.0. The molecule has 128 valence electrons. The van der Waals surface area contributed by atoms with Crippen molar-refractivity contribution in [3.05, 3.63) is 42.0 Å². The highest BCUT2D eigenvalue weighted by atomic mass is 32.2. The Morgan fingerprint density at radius 1 is 1.21 bits per heavy atom. The number of piperidine rings is 1. The molecule has 1 aliphatic heterocycles. The van der Waals surface area contributed by atoms with Crippen molar-refractivity contribution in [2.45, 2.75) is 25.4 Å². The number of amides is 1. The van der Waals surface area contributed by atoms with E-state index in [0.717, 1.165) is 30.4 Å². The van der Waals surface area contributed by atoms with Crippen LogP contribution in [0.5, 0.6) is 0 Å². The number of hydrogen-bond acceptors (Lipinski definition) is 3. The lowest BCUT2D eigenvalue weighted by atomic mass is 9.92. The summed E-state index contributed by atoms with van der Waals surface area (Å²) in [6.07, 6.45) is 4.69. The summed E-state index contributed by atoms with van der Waals surface area (Å²) >= 11 is 1.47. The number of aromatic nitrogens is 2. The minimum absolute atomic E-state index is 0.00877. The molecule has 1 fully saturated rings. The Bertz CT molecular complexity index is 718. The van der Waals surface area contributed by atoms with Crippen LogP contribution in [-0.2, 0) is 0 Å². The lowest BCUT2D eigenvalue weighted by Gasteiger charge is -2.35. The molecule has 1 aliphatic rings. The zero-order valence-electron chi connectivity index (χ0n) is 14.2. The van der Waals surface area contributed by atoms with Gasteiger partial charge in [0.05, 0.1) is 6.20 Å². The van der Waals surface area contributed by atoms with Crippen molar-refractivity contribution < 1.29 is 9.18 Å². The number of carbonyl (C=O) groups is 1. The quantitative estimate of drug-likeness (QED) is 0.792. The predicted octanol–water partition coefficient (Wildman–Crippen LogP) is 3.85. The summed E-state index contributed by atoms with van der Waals surface area (Å²) in [5.74, 6) is 0.696. The zero-order valence-corrected chi connectivity index (χ0v) is 15.0. The Labute approximate surface area is 146 Å². The van der Waals surface area contributed by atoms with E-state index in [9.17, 15) is 9.18 Å². The van der Waals surface area contributed by atoms with Crippen LogP contribution in [0.3, 0.4) is 0 Å². The van der Waals surface area contributed by atoms with E-state index in [0.29, 0.717) is 17.5 Å². The Morgan fingerprint density at radius 2 is 1.83 bits per heavy atom. The van der Waals surface area contributed by atoms with Crippen LogP contribution in [0.15, 0.2) is 35.6 Å². The van der Waals surface area contributed by atoms with Gasteiger partial charge in [-0.15, -0.1) is 0 Å². The highest BCUT2D eigenvalue weighted by Crippen LogP contribution is 2.26. The second kappa shape index (κ2) is 6.97. The third-order valence-corrected chi connectivity index (χ3v) is 5.03. The lowest BCUT2D eigenvalue weighted by molar-refractivity contribution is 0.0614. The average molecular weight is 347 g/mol. The van der Waals surface area contributed by atoms with Gasteiger partial charge in [-0.2, -0.15) is 0 Å². The average Bonchev–Trinajstić information content (AvgIpc) is 2.98. The minimum Gasteiger partial charge on any atom is -0.337 e. The Hall–Kier alpha value is -1.82. The molecule has 0 radical (unpaired) electrons. The van der Waals surface area contributed by atoms with Gasteiger partial charge in [-0.05, 0) is 48.8 Å². The first-order valence-electron chi connectivity index (χ1n) is 8.16. The second-order valence-corrected chi connectivity index (χ2v) is 7.37. The van der Waals surface area contributed by atoms with E-state index in [-0.39, 0.29) is 11.7 Å². The van der Waals surface area contributed by atoms with Crippen LogP contribution in [0, 0.1) is 17.7 Å². The number of imidazole rings is 1. The van der Waals surface area contributed by atoms with Gasteiger partial charge < -0.3 is 4.90 Å². The molecule has 0 aliphatic carbocycles. The fraction of sp³-hybridized carbons (Fsp3) is 0.444. The largest absolute Gasteiger partial charge is 0.337 e. The molecule has 2 unspecified atom stereocenters. The maximum absolute atomic E-state index is 13.2. The molecule has 0 saturated carbocycles. The molecule has 2 aromatic rings. The van der Waals surface area contributed by atoms with Gasteiger partial charge in [-0.1, -0.05) is 25.6 Å². The summed E-state index contributed by atoms with van der Waals surface area (Å²) in [4.78, 5) is 19.4. The number of likely N-dealkylation sites (tertiary alicyclic amines) is 1. The van der Waals surface area contributed by atoms with Crippen LogP contribution >= 0.6 is 11.8 Å². The van der Waals surface area contributed by atoms with Gasteiger partial charge in [0.1, 0.15) is 11.5 Å². The van der Waals surface area contributed by atoms with Gasteiger partial charge in [0, 0.05) is 18.8 Å². The Balaban J connectivity index is 1.97. The molecule has 1 saturated heterocycles. The summed E-state index contributed by atoms with van der Waals surface area (Å²) in [6, 6.07) is 6.15.